The summed E-state index contributed by atoms with van der Waals surface area (Å²) in [5.41, 5.74) is -3.03. The van der Waals surface area contributed by atoms with Crippen LogP contribution in [0.25, 0.3) is 0 Å². The summed E-state index contributed by atoms with van der Waals surface area (Å²) in [4.78, 5) is 36.2. The molecule has 0 aliphatic rings. The van der Waals surface area contributed by atoms with Crippen LogP contribution in [-0.2, 0) is 14.9 Å². The van der Waals surface area contributed by atoms with Crippen LogP contribution in [0.5, 0.6) is 0 Å². The van der Waals surface area contributed by atoms with Crippen LogP contribution in [0, 0.1) is 21.4 Å². The van der Waals surface area contributed by atoms with Gasteiger partial charge in [0.2, 0.25) is 11.2 Å². The maximum absolute atomic E-state index is 13.1. The van der Waals surface area contributed by atoms with Crippen molar-refractivity contribution in [1.82, 2.24) is 0 Å². The number of rotatable bonds is 6. The number of ether oxygens (including phenoxy) is 1. The Labute approximate surface area is 143 Å². The molecule has 0 saturated heterocycles. The standard InChI is InChI=1S/C18H14N2O5/c1-2-25-17(22)18(12-19,13-8-4-3-5-9-13)16(21)14-10-6-7-11-15(14)20(23)24/h3-11H,2H2,1H3. The van der Waals surface area contributed by atoms with Gasteiger partial charge in [-0.05, 0) is 18.6 Å². The highest BCUT2D eigenvalue weighted by molar-refractivity contribution is 6.21. The molecule has 126 valence electrons. The van der Waals surface area contributed by atoms with E-state index in [9.17, 15) is 25.0 Å². The van der Waals surface area contributed by atoms with Gasteiger partial charge >= 0.3 is 5.97 Å². The van der Waals surface area contributed by atoms with Gasteiger partial charge in [0.1, 0.15) is 0 Å². The van der Waals surface area contributed by atoms with Crippen molar-refractivity contribution in [1.29, 1.82) is 5.26 Å². The SMILES string of the molecule is CCOC(=O)C(C#N)(C(=O)c1ccccc1[N+](=O)[O-])c1ccccc1. The van der Waals surface area contributed by atoms with E-state index in [1.54, 1.807) is 31.2 Å². The molecule has 7 nitrogen and oxygen atoms in total. The van der Waals surface area contributed by atoms with E-state index in [1.807, 2.05) is 0 Å². The van der Waals surface area contributed by atoms with Crippen LogP contribution in [0.3, 0.4) is 0 Å². The van der Waals surface area contributed by atoms with Gasteiger partial charge in [0.25, 0.3) is 5.69 Å². The summed E-state index contributed by atoms with van der Waals surface area (Å²) < 4.78 is 4.94. The summed E-state index contributed by atoms with van der Waals surface area (Å²) >= 11 is 0. The van der Waals surface area contributed by atoms with Crippen LogP contribution in [0.2, 0.25) is 0 Å². The van der Waals surface area contributed by atoms with Crippen LogP contribution < -0.4 is 0 Å². The second-order valence-electron chi connectivity index (χ2n) is 5.05. The Balaban J connectivity index is 2.73. The fourth-order valence-electron chi connectivity index (χ4n) is 2.46. The largest absolute Gasteiger partial charge is 0.464 e. The number of nitriles is 1. The lowest BCUT2D eigenvalue weighted by Crippen LogP contribution is -2.44. The molecule has 7 heteroatoms. The van der Waals surface area contributed by atoms with E-state index in [0.29, 0.717) is 0 Å². The van der Waals surface area contributed by atoms with Gasteiger partial charge in [-0.3, -0.25) is 14.9 Å². The highest BCUT2D eigenvalue weighted by Crippen LogP contribution is 2.33. The molecule has 0 N–H and O–H groups in total. The van der Waals surface area contributed by atoms with Crippen molar-refractivity contribution in [2.45, 2.75) is 12.3 Å². The third kappa shape index (κ3) is 3.10. The van der Waals surface area contributed by atoms with Gasteiger partial charge in [-0.25, -0.2) is 4.79 Å². The van der Waals surface area contributed by atoms with Gasteiger partial charge in [0, 0.05) is 6.07 Å². The van der Waals surface area contributed by atoms with Crippen LogP contribution in [0.1, 0.15) is 22.8 Å². The van der Waals surface area contributed by atoms with E-state index in [1.165, 1.54) is 30.3 Å². The quantitative estimate of drug-likeness (QED) is 0.263. The Morgan fingerprint density at radius 1 is 1.16 bits per heavy atom. The third-order valence-electron chi connectivity index (χ3n) is 3.64. The Morgan fingerprint density at radius 3 is 2.32 bits per heavy atom. The smallest absolute Gasteiger partial charge is 0.339 e. The zero-order chi connectivity index (χ0) is 18.4. The van der Waals surface area contributed by atoms with Gasteiger partial charge in [0.15, 0.2) is 0 Å². The first-order valence-corrected chi connectivity index (χ1v) is 7.41. The molecule has 0 spiro atoms. The lowest BCUT2D eigenvalue weighted by Gasteiger charge is -2.23. The molecular weight excluding hydrogens is 324 g/mol. The van der Waals surface area contributed by atoms with Gasteiger partial charge in [-0.1, -0.05) is 42.5 Å². The summed E-state index contributed by atoms with van der Waals surface area (Å²) in [6.45, 7) is 1.50. The molecule has 0 amide bonds. The number of nitro benzene ring substituents is 1. The summed E-state index contributed by atoms with van der Waals surface area (Å²) in [7, 11) is 0. The van der Waals surface area contributed by atoms with Crippen molar-refractivity contribution >= 4 is 17.4 Å². The number of Topliss-reactive ketones (excluding diaryl/α,β-unsaturated/α-hetero) is 1. The number of benzene rings is 2. The fourth-order valence-corrected chi connectivity index (χ4v) is 2.46. The zero-order valence-corrected chi connectivity index (χ0v) is 13.3. The Morgan fingerprint density at radius 2 is 1.76 bits per heavy atom. The molecule has 0 fully saturated rings. The number of carbonyl (C=O) groups is 2. The van der Waals surface area contributed by atoms with E-state index in [-0.39, 0.29) is 17.7 Å². The van der Waals surface area contributed by atoms with Crippen molar-refractivity contribution in [2.75, 3.05) is 6.61 Å². The summed E-state index contributed by atoms with van der Waals surface area (Å²) in [5, 5.41) is 21.0. The van der Waals surface area contributed by atoms with Gasteiger partial charge in [-0.15, -0.1) is 0 Å². The van der Waals surface area contributed by atoms with E-state index in [0.717, 1.165) is 6.07 Å². The molecule has 0 aromatic heterocycles. The summed E-state index contributed by atoms with van der Waals surface area (Å²) in [6.07, 6.45) is 0. The molecule has 0 heterocycles. The predicted octanol–water partition coefficient (Wildman–Crippen LogP) is 2.80. The van der Waals surface area contributed by atoms with Crippen molar-refractivity contribution < 1.29 is 19.2 Å². The maximum atomic E-state index is 13.1. The lowest BCUT2D eigenvalue weighted by molar-refractivity contribution is -0.385. The lowest BCUT2D eigenvalue weighted by atomic mass is 9.75. The Kier molecular flexibility index (Phi) is 5.25. The number of esters is 1. The van der Waals surface area contributed by atoms with Crippen molar-refractivity contribution in [3.63, 3.8) is 0 Å². The van der Waals surface area contributed by atoms with Gasteiger partial charge in [0.05, 0.1) is 23.2 Å². The molecule has 0 aliphatic heterocycles. The minimum absolute atomic E-state index is 0.0424. The number of para-hydroxylation sites is 1. The third-order valence-corrected chi connectivity index (χ3v) is 3.64. The van der Waals surface area contributed by atoms with Crippen LogP contribution in [0.4, 0.5) is 5.69 Å². The second kappa shape index (κ2) is 7.36. The Bertz CT molecular complexity index is 857. The average molecular weight is 338 g/mol. The molecule has 0 saturated carbocycles. The fraction of sp³-hybridized carbons (Fsp3) is 0.167. The number of nitro groups is 1. The van der Waals surface area contributed by atoms with E-state index >= 15 is 0 Å². The van der Waals surface area contributed by atoms with Crippen LogP contribution in [0.15, 0.2) is 54.6 Å². The van der Waals surface area contributed by atoms with Crippen molar-refractivity contribution in [3.05, 3.63) is 75.8 Å². The zero-order valence-electron chi connectivity index (χ0n) is 13.3. The minimum Gasteiger partial charge on any atom is -0.464 e. The predicted molar refractivity (Wildman–Crippen MR) is 87.8 cm³/mol. The molecule has 2 rings (SSSR count). The highest BCUT2D eigenvalue weighted by atomic mass is 16.6. The van der Waals surface area contributed by atoms with E-state index in [4.69, 9.17) is 4.74 Å². The van der Waals surface area contributed by atoms with Crippen molar-refractivity contribution in [2.24, 2.45) is 0 Å². The topological polar surface area (TPSA) is 110 Å². The molecule has 0 bridgehead atoms. The van der Waals surface area contributed by atoms with Gasteiger partial charge < -0.3 is 4.74 Å². The van der Waals surface area contributed by atoms with E-state index < -0.39 is 27.8 Å². The van der Waals surface area contributed by atoms with Crippen LogP contribution >= 0.6 is 0 Å². The minimum atomic E-state index is -2.32. The van der Waals surface area contributed by atoms with Crippen molar-refractivity contribution in [3.8, 4) is 6.07 Å². The average Bonchev–Trinajstić information content (AvgIpc) is 2.63. The molecular formula is C18H14N2O5. The molecule has 0 radical (unpaired) electrons. The normalized spacial score (nSPS) is 12.5. The molecule has 1 atom stereocenters. The first-order chi connectivity index (χ1) is 12.0. The number of nitrogens with zero attached hydrogens (tertiary/aromatic N) is 2. The molecule has 0 aliphatic carbocycles. The number of carbonyl (C=O) groups excluding carboxylic acids is 2. The number of hydrogen-bond acceptors (Lipinski definition) is 6. The summed E-state index contributed by atoms with van der Waals surface area (Å²) in [5.74, 6) is -2.06. The van der Waals surface area contributed by atoms with Crippen LogP contribution in [-0.4, -0.2) is 23.3 Å². The highest BCUT2D eigenvalue weighted by Gasteiger charge is 2.51. The van der Waals surface area contributed by atoms with Gasteiger partial charge in [-0.2, -0.15) is 5.26 Å². The van der Waals surface area contributed by atoms with E-state index in [2.05, 4.69) is 0 Å². The Hall–Kier alpha value is -3.53. The number of hydrogen-bond donors (Lipinski definition) is 0. The monoisotopic (exact) mass is 338 g/mol. The first kappa shape index (κ1) is 17.8. The molecule has 25 heavy (non-hydrogen) atoms. The number of ketones is 1. The molecule has 2 aromatic carbocycles. The maximum Gasteiger partial charge on any atom is 0.339 e. The first-order valence-electron chi connectivity index (χ1n) is 7.41. The molecule has 2 aromatic rings. The second-order valence-corrected chi connectivity index (χ2v) is 5.05. The summed E-state index contributed by atoms with van der Waals surface area (Å²) in [6, 6.07) is 14.6. The molecule has 1 unspecified atom stereocenters.